The van der Waals surface area contributed by atoms with Crippen LogP contribution >= 0.6 is 0 Å². The van der Waals surface area contributed by atoms with Crippen molar-refractivity contribution < 1.29 is 17.9 Å². The maximum absolute atomic E-state index is 12.3. The fraction of sp³-hybridized carbons (Fsp3) is 0.273. The number of methoxy groups -OCH3 is 1. The van der Waals surface area contributed by atoms with Crippen molar-refractivity contribution in [2.24, 2.45) is 0 Å². The number of ether oxygens (including phenoxy) is 1. The Hall–Kier alpha value is -1.89. The first-order valence-corrected chi connectivity index (χ1v) is 5.08. The van der Waals surface area contributed by atoms with Crippen molar-refractivity contribution in [3.8, 4) is 5.82 Å². The van der Waals surface area contributed by atoms with Gasteiger partial charge in [0, 0.05) is 19.5 Å². The molecule has 18 heavy (non-hydrogen) atoms. The van der Waals surface area contributed by atoms with Gasteiger partial charge in [0.15, 0.2) is 5.82 Å². The summed E-state index contributed by atoms with van der Waals surface area (Å²) in [6, 6.07) is 3.95. The smallest absolute Gasteiger partial charge is 0.378 e. The second-order valence-corrected chi connectivity index (χ2v) is 3.59. The van der Waals surface area contributed by atoms with Gasteiger partial charge in [-0.05, 0) is 18.2 Å². The summed E-state index contributed by atoms with van der Waals surface area (Å²) in [4.78, 5) is 3.73. The Kier molecular flexibility index (Phi) is 3.33. The zero-order chi connectivity index (χ0) is 13.2. The third-order valence-electron chi connectivity index (χ3n) is 2.25. The number of halogens is 3. The molecule has 0 aliphatic heterocycles. The average Bonchev–Trinajstić information content (AvgIpc) is 2.77. The van der Waals surface area contributed by atoms with Gasteiger partial charge in [-0.3, -0.25) is 0 Å². The van der Waals surface area contributed by atoms with Crippen molar-refractivity contribution in [2.45, 2.75) is 12.8 Å². The summed E-state index contributed by atoms with van der Waals surface area (Å²) in [5.74, 6) is 0.324. The van der Waals surface area contributed by atoms with Crippen molar-refractivity contribution in [3.05, 3.63) is 41.9 Å². The van der Waals surface area contributed by atoms with Crippen LogP contribution in [0.25, 0.3) is 5.82 Å². The predicted octanol–water partition coefficient (Wildman–Crippen LogP) is 2.43. The van der Waals surface area contributed by atoms with Crippen LogP contribution in [0.1, 0.15) is 11.3 Å². The number of nitrogens with zero attached hydrogens (tertiary/aromatic N) is 3. The topological polar surface area (TPSA) is 39.9 Å². The molecule has 0 saturated carbocycles. The minimum atomic E-state index is -4.38. The molecule has 0 amide bonds. The maximum atomic E-state index is 12.3. The minimum Gasteiger partial charge on any atom is -0.378 e. The maximum Gasteiger partial charge on any atom is 0.417 e. The summed E-state index contributed by atoms with van der Waals surface area (Å²) >= 11 is 0. The van der Waals surface area contributed by atoms with E-state index in [0.29, 0.717) is 18.1 Å². The normalized spacial score (nSPS) is 11.8. The fourth-order valence-corrected chi connectivity index (χ4v) is 1.40. The van der Waals surface area contributed by atoms with Gasteiger partial charge in [-0.25, -0.2) is 9.67 Å². The number of pyridine rings is 1. The summed E-state index contributed by atoms with van der Waals surface area (Å²) in [5, 5.41) is 4.11. The van der Waals surface area contributed by atoms with Crippen molar-refractivity contribution in [1.29, 1.82) is 0 Å². The van der Waals surface area contributed by atoms with Crippen LogP contribution in [0.4, 0.5) is 13.2 Å². The Bertz CT molecular complexity index is 519. The molecule has 2 aromatic heterocycles. The van der Waals surface area contributed by atoms with Gasteiger partial charge in [0.05, 0.1) is 17.9 Å². The van der Waals surface area contributed by atoms with E-state index in [2.05, 4.69) is 10.1 Å². The molecule has 0 atom stereocenters. The Labute approximate surface area is 101 Å². The Morgan fingerprint density at radius 1 is 1.28 bits per heavy atom. The van der Waals surface area contributed by atoms with Crippen molar-refractivity contribution in [3.63, 3.8) is 0 Å². The zero-order valence-electron chi connectivity index (χ0n) is 9.48. The van der Waals surface area contributed by atoms with Gasteiger partial charge < -0.3 is 4.74 Å². The first kappa shape index (κ1) is 12.6. The SMILES string of the molecule is COCc1ccn(-c2ccc(C(F)(F)F)cn2)n1. The largest absolute Gasteiger partial charge is 0.417 e. The molecule has 0 aliphatic rings. The Balaban J connectivity index is 2.23. The molecule has 2 aromatic rings. The van der Waals surface area contributed by atoms with Gasteiger partial charge in [0.1, 0.15) is 0 Å². The molecule has 0 aromatic carbocycles. The van der Waals surface area contributed by atoms with E-state index in [1.165, 1.54) is 17.9 Å². The van der Waals surface area contributed by atoms with E-state index in [1.54, 1.807) is 12.3 Å². The molecule has 7 heteroatoms. The second kappa shape index (κ2) is 4.77. The number of hydrogen-bond acceptors (Lipinski definition) is 3. The zero-order valence-corrected chi connectivity index (χ0v) is 9.48. The van der Waals surface area contributed by atoms with E-state index in [-0.39, 0.29) is 0 Å². The standard InChI is InChI=1S/C11H10F3N3O/c1-18-7-9-4-5-17(16-9)10-3-2-8(6-15-10)11(12,13)14/h2-6H,7H2,1H3. The monoisotopic (exact) mass is 257 g/mol. The molecule has 0 N–H and O–H groups in total. The summed E-state index contributed by atoms with van der Waals surface area (Å²) in [6.07, 6.45) is -1.98. The third kappa shape index (κ3) is 2.67. The summed E-state index contributed by atoms with van der Waals surface area (Å²) in [5.41, 5.74) is -0.102. The third-order valence-corrected chi connectivity index (χ3v) is 2.25. The molecule has 0 unspecified atom stereocenters. The van der Waals surface area contributed by atoms with Crippen LogP contribution in [0, 0.1) is 0 Å². The van der Waals surface area contributed by atoms with E-state index in [1.807, 2.05) is 0 Å². The molecule has 0 fully saturated rings. The van der Waals surface area contributed by atoms with Crippen molar-refractivity contribution >= 4 is 0 Å². The molecule has 96 valence electrons. The average molecular weight is 257 g/mol. The highest BCUT2D eigenvalue weighted by Gasteiger charge is 2.30. The Morgan fingerprint density at radius 2 is 2.06 bits per heavy atom. The van der Waals surface area contributed by atoms with Crippen LogP contribution in [0.15, 0.2) is 30.6 Å². The Morgan fingerprint density at radius 3 is 2.61 bits per heavy atom. The van der Waals surface area contributed by atoms with Crippen molar-refractivity contribution in [2.75, 3.05) is 7.11 Å². The van der Waals surface area contributed by atoms with Crippen molar-refractivity contribution in [1.82, 2.24) is 14.8 Å². The van der Waals surface area contributed by atoms with Crippen LogP contribution in [-0.2, 0) is 17.5 Å². The van der Waals surface area contributed by atoms with Crippen LogP contribution in [0.5, 0.6) is 0 Å². The molecule has 0 radical (unpaired) electrons. The van der Waals surface area contributed by atoms with Crippen LogP contribution in [-0.4, -0.2) is 21.9 Å². The molecule has 2 heterocycles. The van der Waals surface area contributed by atoms with Crippen LogP contribution < -0.4 is 0 Å². The molecule has 0 aliphatic carbocycles. The summed E-state index contributed by atoms with van der Waals surface area (Å²) < 4.78 is 43.3. The number of hydrogen-bond donors (Lipinski definition) is 0. The highest BCUT2D eigenvalue weighted by molar-refractivity contribution is 5.26. The summed E-state index contributed by atoms with van der Waals surface area (Å²) in [6.45, 7) is 0.341. The summed E-state index contributed by atoms with van der Waals surface area (Å²) in [7, 11) is 1.54. The molecule has 4 nitrogen and oxygen atoms in total. The first-order chi connectivity index (χ1) is 8.50. The van der Waals surface area contributed by atoms with E-state index in [4.69, 9.17) is 4.74 Å². The predicted molar refractivity (Wildman–Crippen MR) is 57.1 cm³/mol. The quantitative estimate of drug-likeness (QED) is 0.847. The van der Waals surface area contributed by atoms with Crippen LogP contribution in [0.2, 0.25) is 0 Å². The first-order valence-electron chi connectivity index (χ1n) is 5.08. The lowest BCUT2D eigenvalue weighted by Crippen LogP contribution is -2.07. The lowest BCUT2D eigenvalue weighted by Gasteiger charge is -2.06. The highest BCUT2D eigenvalue weighted by Crippen LogP contribution is 2.28. The van der Waals surface area contributed by atoms with Gasteiger partial charge >= 0.3 is 6.18 Å². The molecule has 0 spiro atoms. The van der Waals surface area contributed by atoms with E-state index < -0.39 is 11.7 Å². The van der Waals surface area contributed by atoms with Crippen LogP contribution in [0.3, 0.4) is 0 Å². The molecular formula is C11H10F3N3O. The van der Waals surface area contributed by atoms with E-state index in [9.17, 15) is 13.2 Å². The van der Waals surface area contributed by atoms with E-state index in [0.717, 1.165) is 12.3 Å². The van der Waals surface area contributed by atoms with Gasteiger partial charge in [-0.2, -0.15) is 18.3 Å². The lowest BCUT2D eigenvalue weighted by molar-refractivity contribution is -0.137. The molecule has 0 saturated heterocycles. The number of alkyl halides is 3. The van der Waals surface area contributed by atoms with Gasteiger partial charge in [0.25, 0.3) is 0 Å². The minimum absolute atomic E-state index is 0.324. The van der Waals surface area contributed by atoms with Gasteiger partial charge in [-0.1, -0.05) is 0 Å². The molecule has 0 bridgehead atoms. The van der Waals surface area contributed by atoms with Gasteiger partial charge in [0.2, 0.25) is 0 Å². The highest BCUT2D eigenvalue weighted by atomic mass is 19.4. The van der Waals surface area contributed by atoms with Gasteiger partial charge in [-0.15, -0.1) is 0 Å². The lowest BCUT2D eigenvalue weighted by atomic mass is 10.3. The molecular weight excluding hydrogens is 247 g/mol. The molecule has 2 rings (SSSR count). The number of aromatic nitrogens is 3. The number of rotatable bonds is 3. The fourth-order valence-electron chi connectivity index (χ4n) is 1.40. The second-order valence-electron chi connectivity index (χ2n) is 3.59. The van der Waals surface area contributed by atoms with E-state index >= 15 is 0 Å².